The first-order valence-corrected chi connectivity index (χ1v) is 7.37. The summed E-state index contributed by atoms with van der Waals surface area (Å²) in [4.78, 5) is 11.4. The minimum absolute atomic E-state index is 0.404. The van der Waals surface area contributed by atoms with Gasteiger partial charge in [0.2, 0.25) is 0 Å². The Kier molecular flexibility index (Phi) is 7.46. The lowest BCUT2D eigenvalue weighted by molar-refractivity contribution is 0.0534. The highest BCUT2D eigenvalue weighted by Gasteiger charge is 2.14. The molecule has 1 aromatic carbocycles. The Morgan fingerprint density at radius 1 is 1.18 bits per heavy atom. The molecule has 0 radical (unpaired) electrons. The first-order valence-electron chi connectivity index (χ1n) is 7.37. The van der Waals surface area contributed by atoms with Crippen LogP contribution in [0.3, 0.4) is 0 Å². The van der Waals surface area contributed by atoms with Gasteiger partial charge in [-0.2, -0.15) is 0 Å². The van der Waals surface area contributed by atoms with E-state index in [9.17, 15) is 4.79 Å². The molecule has 0 fully saturated rings. The second kappa shape index (κ2) is 9.10. The van der Waals surface area contributed by atoms with Crippen LogP contribution in [0.25, 0.3) is 0 Å². The Labute approximate surface area is 132 Å². The van der Waals surface area contributed by atoms with Crippen LogP contribution in [0.2, 0.25) is 0 Å². The van der Waals surface area contributed by atoms with Crippen LogP contribution >= 0.6 is 0 Å². The largest absolute Gasteiger partial charge is 0.496 e. The monoisotopic (exact) mass is 306 g/mol. The van der Waals surface area contributed by atoms with Gasteiger partial charge in [-0.3, -0.25) is 0 Å². The van der Waals surface area contributed by atoms with E-state index in [1.165, 1.54) is 0 Å². The van der Waals surface area contributed by atoms with E-state index in [1.807, 2.05) is 57.2 Å². The third-order valence-corrected chi connectivity index (χ3v) is 2.70. The molecule has 22 heavy (non-hydrogen) atoms. The molecule has 0 spiro atoms. The number of nitrogens with one attached hydrogen (secondary N) is 2. The average Bonchev–Trinajstić information content (AvgIpc) is 2.44. The van der Waals surface area contributed by atoms with Crippen molar-refractivity contribution < 1.29 is 14.3 Å². The molecule has 0 unspecified atom stereocenters. The van der Waals surface area contributed by atoms with Crippen molar-refractivity contribution in [3.05, 3.63) is 42.0 Å². The molecule has 0 aliphatic carbocycles. The zero-order valence-electron chi connectivity index (χ0n) is 13.8. The maximum absolute atomic E-state index is 11.4. The second-order valence-electron chi connectivity index (χ2n) is 5.80. The highest BCUT2D eigenvalue weighted by atomic mass is 16.6. The number of carbonyl (C=O) groups excluding carboxylic acids is 1. The van der Waals surface area contributed by atoms with Gasteiger partial charge in [-0.25, -0.2) is 4.79 Å². The summed E-state index contributed by atoms with van der Waals surface area (Å²) in [5, 5.41) is 5.96. The average molecular weight is 306 g/mol. The molecular weight excluding hydrogens is 280 g/mol. The number of alkyl carbamates (subject to hydrolysis) is 1. The lowest BCUT2D eigenvalue weighted by Gasteiger charge is -2.19. The molecule has 0 heterocycles. The molecule has 0 bridgehead atoms. The van der Waals surface area contributed by atoms with Gasteiger partial charge in [-0.15, -0.1) is 0 Å². The highest BCUT2D eigenvalue weighted by Crippen LogP contribution is 2.16. The number of methoxy groups -OCH3 is 1. The molecular formula is C17H26N2O3. The van der Waals surface area contributed by atoms with Gasteiger partial charge in [0.25, 0.3) is 0 Å². The Morgan fingerprint density at radius 2 is 1.86 bits per heavy atom. The normalized spacial score (nSPS) is 11.5. The molecule has 0 aromatic heterocycles. The number of carbonyl (C=O) groups is 1. The Balaban J connectivity index is 2.18. The summed E-state index contributed by atoms with van der Waals surface area (Å²) in [6.45, 7) is 7.41. The smallest absolute Gasteiger partial charge is 0.407 e. The molecule has 1 amide bonds. The molecule has 5 heteroatoms. The summed E-state index contributed by atoms with van der Waals surface area (Å²) in [5.41, 5.74) is 0.648. The van der Waals surface area contributed by atoms with E-state index in [-0.39, 0.29) is 0 Å². The van der Waals surface area contributed by atoms with Gasteiger partial charge in [-0.05, 0) is 26.8 Å². The number of rotatable bonds is 7. The zero-order chi connectivity index (χ0) is 16.4. The van der Waals surface area contributed by atoms with Crippen molar-refractivity contribution in [2.45, 2.75) is 32.9 Å². The first-order chi connectivity index (χ1) is 10.4. The maximum Gasteiger partial charge on any atom is 0.407 e. The number of hydrogen-bond acceptors (Lipinski definition) is 4. The van der Waals surface area contributed by atoms with Crippen LogP contribution in [-0.4, -0.2) is 31.9 Å². The first kappa shape index (κ1) is 18.0. The number of para-hydroxylation sites is 1. The molecule has 5 nitrogen and oxygen atoms in total. The van der Waals surface area contributed by atoms with Crippen LogP contribution in [0.15, 0.2) is 36.4 Å². The van der Waals surface area contributed by atoms with E-state index in [0.29, 0.717) is 13.1 Å². The van der Waals surface area contributed by atoms with Gasteiger partial charge in [-0.1, -0.05) is 30.4 Å². The Bertz CT molecular complexity index is 493. The minimum Gasteiger partial charge on any atom is -0.496 e. The SMILES string of the molecule is COc1ccccc1CNC/C=C/CNC(=O)OC(C)(C)C. The summed E-state index contributed by atoms with van der Waals surface area (Å²) in [6.07, 6.45) is 3.45. The lowest BCUT2D eigenvalue weighted by atomic mass is 10.2. The minimum atomic E-state index is -0.468. The van der Waals surface area contributed by atoms with Crippen LogP contribution in [0.1, 0.15) is 26.3 Å². The van der Waals surface area contributed by atoms with Crippen molar-refractivity contribution in [1.82, 2.24) is 10.6 Å². The van der Waals surface area contributed by atoms with Crippen molar-refractivity contribution in [2.24, 2.45) is 0 Å². The van der Waals surface area contributed by atoms with E-state index < -0.39 is 11.7 Å². The van der Waals surface area contributed by atoms with Crippen molar-refractivity contribution in [3.8, 4) is 5.75 Å². The summed E-state index contributed by atoms with van der Waals surface area (Å²) >= 11 is 0. The quantitative estimate of drug-likeness (QED) is 0.601. The fourth-order valence-electron chi connectivity index (χ4n) is 1.76. The molecule has 0 saturated heterocycles. The van der Waals surface area contributed by atoms with Crippen molar-refractivity contribution >= 4 is 6.09 Å². The van der Waals surface area contributed by atoms with Gasteiger partial charge >= 0.3 is 6.09 Å². The fourth-order valence-corrected chi connectivity index (χ4v) is 1.76. The Morgan fingerprint density at radius 3 is 2.55 bits per heavy atom. The molecule has 1 rings (SSSR count). The third kappa shape index (κ3) is 7.69. The third-order valence-electron chi connectivity index (χ3n) is 2.70. The molecule has 1 aromatic rings. The summed E-state index contributed by atoms with van der Waals surface area (Å²) < 4.78 is 10.4. The number of amides is 1. The Hall–Kier alpha value is -2.01. The van der Waals surface area contributed by atoms with Crippen LogP contribution in [0.5, 0.6) is 5.75 Å². The highest BCUT2D eigenvalue weighted by molar-refractivity contribution is 5.67. The van der Waals surface area contributed by atoms with Crippen molar-refractivity contribution in [2.75, 3.05) is 20.2 Å². The summed E-state index contributed by atoms with van der Waals surface area (Å²) in [6, 6.07) is 7.90. The van der Waals surface area contributed by atoms with E-state index in [2.05, 4.69) is 10.6 Å². The van der Waals surface area contributed by atoms with Gasteiger partial charge in [0.15, 0.2) is 0 Å². The van der Waals surface area contributed by atoms with E-state index in [1.54, 1.807) is 7.11 Å². The number of benzene rings is 1. The van der Waals surface area contributed by atoms with Gasteiger partial charge in [0.05, 0.1) is 7.11 Å². The molecule has 0 aliphatic heterocycles. The van der Waals surface area contributed by atoms with Crippen LogP contribution in [0.4, 0.5) is 4.79 Å². The standard InChI is InChI=1S/C17H26N2O3/c1-17(2,3)22-16(20)19-12-8-7-11-18-13-14-9-5-6-10-15(14)21-4/h5-10,18H,11-13H2,1-4H3,(H,19,20)/b8-7+. The molecule has 2 N–H and O–H groups in total. The van der Waals surface area contributed by atoms with Gasteiger partial charge < -0.3 is 20.1 Å². The maximum atomic E-state index is 11.4. The van der Waals surface area contributed by atoms with Crippen LogP contribution in [0, 0.1) is 0 Å². The topological polar surface area (TPSA) is 59.6 Å². The fraction of sp³-hybridized carbons (Fsp3) is 0.471. The molecule has 122 valence electrons. The predicted molar refractivity (Wildman–Crippen MR) is 88.1 cm³/mol. The van der Waals surface area contributed by atoms with E-state index in [0.717, 1.165) is 17.9 Å². The number of hydrogen-bond donors (Lipinski definition) is 2. The van der Waals surface area contributed by atoms with Gasteiger partial charge in [0.1, 0.15) is 11.4 Å². The zero-order valence-corrected chi connectivity index (χ0v) is 13.8. The molecule has 0 aliphatic rings. The van der Waals surface area contributed by atoms with Crippen molar-refractivity contribution in [1.29, 1.82) is 0 Å². The van der Waals surface area contributed by atoms with Gasteiger partial charge in [0, 0.05) is 25.2 Å². The predicted octanol–water partition coefficient (Wildman–Crippen LogP) is 2.87. The number of ether oxygens (including phenoxy) is 2. The van der Waals surface area contributed by atoms with E-state index in [4.69, 9.17) is 9.47 Å². The van der Waals surface area contributed by atoms with Crippen LogP contribution in [-0.2, 0) is 11.3 Å². The molecule has 0 atom stereocenters. The summed E-state index contributed by atoms with van der Waals surface area (Å²) in [5.74, 6) is 0.880. The summed E-state index contributed by atoms with van der Waals surface area (Å²) in [7, 11) is 1.67. The van der Waals surface area contributed by atoms with Crippen LogP contribution < -0.4 is 15.4 Å². The lowest BCUT2D eigenvalue weighted by Crippen LogP contribution is -2.32. The molecule has 0 saturated carbocycles. The van der Waals surface area contributed by atoms with E-state index >= 15 is 0 Å². The van der Waals surface area contributed by atoms with Crippen molar-refractivity contribution in [3.63, 3.8) is 0 Å². The second-order valence-corrected chi connectivity index (χ2v) is 5.80.